The van der Waals surface area contributed by atoms with Crippen molar-refractivity contribution in [3.63, 3.8) is 0 Å². The second-order valence-corrected chi connectivity index (χ2v) is 6.71. The number of benzene rings is 1. The highest BCUT2D eigenvalue weighted by Crippen LogP contribution is 2.34. The molecule has 1 aromatic carbocycles. The number of aryl methyl sites for hydroxylation is 1. The highest BCUT2D eigenvalue weighted by Gasteiger charge is 2.34. The lowest BCUT2D eigenvalue weighted by atomic mass is 9.95. The van der Waals surface area contributed by atoms with Crippen LogP contribution in [0.25, 0.3) is 0 Å². The van der Waals surface area contributed by atoms with Gasteiger partial charge < -0.3 is 9.67 Å². The van der Waals surface area contributed by atoms with Crippen LogP contribution >= 0.6 is 0 Å². The molecule has 0 spiro atoms. The molecule has 1 N–H and O–H groups in total. The molecule has 2 aromatic rings. The minimum absolute atomic E-state index is 0.0962. The topological polar surface area (TPSA) is 38.0 Å². The first-order valence-electron chi connectivity index (χ1n) is 7.36. The Morgan fingerprint density at radius 1 is 1.17 bits per heavy atom. The number of imidazole rings is 1. The smallest absolute Gasteiger partial charge is 0.392 e. The molecule has 0 saturated heterocycles. The molecule has 23 heavy (non-hydrogen) atoms. The van der Waals surface area contributed by atoms with Crippen LogP contribution < -0.4 is 0 Å². The van der Waals surface area contributed by atoms with Gasteiger partial charge in [0.1, 0.15) is 5.82 Å². The van der Waals surface area contributed by atoms with Crippen LogP contribution in [0.3, 0.4) is 0 Å². The first-order valence-corrected chi connectivity index (χ1v) is 7.36. The van der Waals surface area contributed by atoms with Gasteiger partial charge in [-0.2, -0.15) is 13.2 Å². The normalized spacial score (nSPS) is 12.7. The van der Waals surface area contributed by atoms with Crippen LogP contribution in [-0.4, -0.2) is 14.7 Å². The average Bonchev–Trinajstić information content (AvgIpc) is 2.79. The molecule has 0 fully saturated rings. The quantitative estimate of drug-likeness (QED) is 0.924. The Labute approximate surface area is 133 Å². The molecule has 0 radical (unpaired) electrons. The maximum absolute atomic E-state index is 13.3. The van der Waals surface area contributed by atoms with E-state index in [9.17, 15) is 13.2 Å². The zero-order valence-electron chi connectivity index (χ0n) is 13.7. The number of halogens is 3. The molecule has 1 heterocycles. The first kappa shape index (κ1) is 17.5. The number of aliphatic hydroxyl groups is 1. The Kier molecular flexibility index (Phi) is 4.57. The molecule has 126 valence electrons. The third kappa shape index (κ3) is 3.75. The summed E-state index contributed by atoms with van der Waals surface area (Å²) in [5.41, 5.74) is 0.254. The van der Waals surface area contributed by atoms with Crippen LogP contribution in [0.5, 0.6) is 0 Å². The van der Waals surface area contributed by atoms with Crippen molar-refractivity contribution in [2.75, 3.05) is 0 Å². The summed E-state index contributed by atoms with van der Waals surface area (Å²) in [5, 5.41) is 9.09. The van der Waals surface area contributed by atoms with Crippen molar-refractivity contribution in [1.82, 2.24) is 9.55 Å². The largest absolute Gasteiger partial charge is 0.416 e. The Morgan fingerprint density at radius 2 is 1.83 bits per heavy atom. The fourth-order valence-corrected chi connectivity index (χ4v) is 2.55. The fraction of sp³-hybridized carbons (Fsp3) is 0.471. The molecular formula is C17H21F3N2O. The van der Waals surface area contributed by atoms with Gasteiger partial charge in [-0.25, -0.2) is 4.98 Å². The lowest BCUT2D eigenvalue weighted by Gasteiger charge is -2.22. The summed E-state index contributed by atoms with van der Waals surface area (Å²) in [7, 11) is 0. The van der Waals surface area contributed by atoms with E-state index < -0.39 is 18.3 Å². The van der Waals surface area contributed by atoms with E-state index in [1.54, 1.807) is 6.20 Å². The molecular weight excluding hydrogens is 305 g/mol. The zero-order valence-corrected chi connectivity index (χ0v) is 13.7. The van der Waals surface area contributed by atoms with Crippen molar-refractivity contribution in [2.24, 2.45) is 0 Å². The Hall–Kier alpha value is -1.82. The number of aromatic nitrogens is 2. The standard InChI is InChI=1S/C17H21F3N2O/c1-11-8-21-15(16(2,3)4)22(11)9-13-6-5-12(10-23)7-14(13)17(18,19)20/h5-8,23H,9-10H2,1-4H3. The Balaban J connectivity index is 2.52. The minimum Gasteiger partial charge on any atom is -0.392 e. The summed E-state index contributed by atoms with van der Waals surface area (Å²) in [6, 6.07) is 3.96. The van der Waals surface area contributed by atoms with E-state index in [1.165, 1.54) is 12.1 Å². The van der Waals surface area contributed by atoms with Crippen LogP contribution in [0.2, 0.25) is 0 Å². The molecule has 0 aliphatic carbocycles. The molecule has 0 atom stereocenters. The van der Waals surface area contributed by atoms with Gasteiger partial charge in [-0.05, 0) is 24.1 Å². The molecule has 1 aromatic heterocycles. The Bertz CT molecular complexity index is 697. The maximum atomic E-state index is 13.3. The zero-order chi connectivity index (χ0) is 17.4. The van der Waals surface area contributed by atoms with Gasteiger partial charge in [-0.15, -0.1) is 0 Å². The summed E-state index contributed by atoms with van der Waals surface area (Å²) in [4.78, 5) is 4.35. The number of nitrogens with zero attached hydrogens (tertiary/aromatic N) is 2. The predicted molar refractivity (Wildman–Crippen MR) is 82.1 cm³/mol. The number of alkyl halides is 3. The van der Waals surface area contributed by atoms with E-state index in [2.05, 4.69) is 4.98 Å². The predicted octanol–water partition coefficient (Wildman–Crippen LogP) is 4.05. The maximum Gasteiger partial charge on any atom is 0.416 e. The van der Waals surface area contributed by atoms with Crippen LogP contribution in [-0.2, 0) is 24.7 Å². The van der Waals surface area contributed by atoms with Gasteiger partial charge in [-0.3, -0.25) is 0 Å². The second-order valence-electron chi connectivity index (χ2n) is 6.71. The SMILES string of the molecule is Cc1cnc(C(C)(C)C)n1Cc1ccc(CO)cc1C(F)(F)F. The van der Waals surface area contributed by atoms with Gasteiger partial charge in [0, 0.05) is 23.9 Å². The van der Waals surface area contributed by atoms with Crippen molar-refractivity contribution in [3.05, 3.63) is 52.6 Å². The van der Waals surface area contributed by atoms with Crippen molar-refractivity contribution in [3.8, 4) is 0 Å². The third-order valence-electron chi connectivity index (χ3n) is 3.72. The molecule has 0 aliphatic heterocycles. The average molecular weight is 326 g/mol. The van der Waals surface area contributed by atoms with Crippen molar-refractivity contribution < 1.29 is 18.3 Å². The molecule has 3 nitrogen and oxygen atoms in total. The summed E-state index contributed by atoms with van der Waals surface area (Å²) in [6.45, 7) is 7.44. The summed E-state index contributed by atoms with van der Waals surface area (Å²) in [5.74, 6) is 0.745. The van der Waals surface area contributed by atoms with Gasteiger partial charge in [0.05, 0.1) is 12.2 Å². The number of aliphatic hydroxyl groups excluding tert-OH is 1. The van der Waals surface area contributed by atoms with E-state index in [4.69, 9.17) is 5.11 Å². The van der Waals surface area contributed by atoms with Gasteiger partial charge >= 0.3 is 6.18 Å². The van der Waals surface area contributed by atoms with Gasteiger partial charge in [0.2, 0.25) is 0 Å². The molecule has 0 amide bonds. The number of hydrogen-bond donors (Lipinski definition) is 1. The van der Waals surface area contributed by atoms with Crippen molar-refractivity contribution in [1.29, 1.82) is 0 Å². The molecule has 6 heteroatoms. The van der Waals surface area contributed by atoms with E-state index in [0.29, 0.717) is 0 Å². The van der Waals surface area contributed by atoms with Gasteiger partial charge in [-0.1, -0.05) is 32.9 Å². The van der Waals surface area contributed by atoms with E-state index in [-0.39, 0.29) is 23.1 Å². The summed E-state index contributed by atoms with van der Waals surface area (Å²) < 4.78 is 41.8. The third-order valence-corrected chi connectivity index (χ3v) is 3.72. The lowest BCUT2D eigenvalue weighted by Crippen LogP contribution is -2.21. The molecule has 0 bridgehead atoms. The number of hydrogen-bond acceptors (Lipinski definition) is 2. The van der Waals surface area contributed by atoms with Crippen molar-refractivity contribution in [2.45, 2.75) is 52.4 Å². The number of rotatable bonds is 3. The van der Waals surface area contributed by atoms with Crippen LogP contribution in [0, 0.1) is 6.92 Å². The van der Waals surface area contributed by atoms with Gasteiger partial charge in [0.15, 0.2) is 0 Å². The first-order chi connectivity index (χ1) is 10.5. The monoisotopic (exact) mass is 326 g/mol. The summed E-state index contributed by atoms with van der Waals surface area (Å²) >= 11 is 0. The van der Waals surface area contributed by atoms with Crippen LogP contribution in [0.4, 0.5) is 13.2 Å². The summed E-state index contributed by atoms with van der Waals surface area (Å²) in [6.07, 6.45) is -2.78. The van der Waals surface area contributed by atoms with E-state index in [0.717, 1.165) is 17.6 Å². The van der Waals surface area contributed by atoms with E-state index >= 15 is 0 Å². The van der Waals surface area contributed by atoms with Crippen LogP contribution in [0.1, 0.15) is 49.0 Å². The second kappa shape index (κ2) is 6.00. The van der Waals surface area contributed by atoms with E-state index in [1.807, 2.05) is 32.3 Å². The highest BCUT2D eigenvalue weighted by molar-refractivity contribution is 5.35. The van der Waals surface area contributed by atoms with Gasteiger partial charge in [0.25, 0.3) is 0 Å². The Morgan fingerprint density at radius 3 is 2.35 bits per heavy atom. The van der Waals surface area contributed by atoms with Crippen molar-refractivity contribution >= 4 is 0 Å². The minimum atomic E-state index is -4.46. The molecule has 0 aliphatic rings. The fourth-order valence-electron chi connectivity index (χ4n) is 2.55. The highest BCUT2D eigenvalue weighted by atomic mass is 19.4. The lowest BCUT2D eigenvalue weighted by molar-refractivity contribution is -0.138. The molecule has 0 unspecified atom stereocenters. The molecule has 2 rings (SSSR count). The van der Waals surface area contributed by atoms with Crippen LogP contribution in [0.15, 0.2) is 24.4 Å². The molecule has 0 saturated carbocycles.